The Bertz CT molecular complexity index is 842. The molecule has 1 aliphatic heterocycles. The van der Waals surface area contributed by atoms with Crippen molar-refractivity contribution in [1.82, 2.24) is 18.7 Å². The SMILES string of the molecule is Cn1c(=O)c2c(nc(OC3CCC=CO3)n2C)n(C)c1=O. The number of aromatic nitrogens is 4. The van der Waals surface area contributed by atoms with Crippen LogP contribution in [0.5, 0.6) is 6.01 Å². The zero-order valence-electron chi connectivity index (χ0n) is 12.1. The standard InChI is InChI=1S/C13H16N4O4/c1-15-9-10(16(2)13(19)17(3)11(9)18)14-12(15)21-8-6-4-5-7-20-8/h5,7-8H,4,6H2,1-3H3. The van der Waals surface area contributed by atoms with Crippen LogP contribution in [0.4, 0.5) is 0 Å². The third kappa shape index (κ3) is 2.03. The minimum Gasteiger partial charge on any atom is -0.463 e. The van der Waals surface area contributed by atoms with E-state index in [9.17, 15) is 9.59 Å². The average molecular weight is 292 g/mol. The predicted octanol–water partition coefficient (Wildman–Crippen LogP) is -0.000300. The maximum Gasteiger partial charge on any atom is 0.332 e. The first-order valence-corrected chi connectivity index (χ1v) is 6.60. The average Bonchev–Trinajstić information content (AvgIpc) is 2.81. The Morgan fingerprint density at radius 2 is 2.00 bits per heavy atom. The molecule has 0 saturated carbocycles. The van der Waals surface area contributed by atoms with Crippen molar-refractivity contribution in [2.75, 3.05) is 0 Å². The van der Waals surface area contributed by atoms with Gasteiger partial charge in [0.25, 0.3) is 5.56 Å². The summed E-state index contributed by atoms with van der Waals surface area (Å²) in [5.41, 5.74) is -0.204. The van der Waals surface area contributed by atoms with E-state index in [-0.39, 0.29) is 6.01 Å². The molecule has 1 aliphatic rings. The van der Waals surface area contributed by atoms with Crippen LogP contribution < -0.4 is 16.0 Å². The summed E-state index contributed by atoms with van der Waals surface area (Å²) >= 11 is 0. The van der Waals surface area contributed by atoms with E-state index in [1.165, 1.54) is 11.6 Å². The van der Waals surface area contributed by atoms with Crippen LogP contribution in [0.1, 0.15) is 12.8 Å². The second-order valence-electron chi connectivity index (χ2n) is 4.96. The van der Waals surface area contributed by atoms with Gasteiger partial charge < -0.3 is 9.47 Å². The van der Waals surface area contributed by atoms with Gasteiger partial charge in [0.1, 0.15) is 0 Å². The van der Waals surface area contributed by atoms with Crippen LogP contribution in [-0.4, -0.2) is 25.0 Å². The largest absolute Gasteiger partial charge is 0.463 e. The van der Waals surface area contributed by atoms with Gasteiger partial charge >= 0.3 is 11.7 Å². The van der Waals surface area contributed by atoms with Crippen molar-refractivity contribution in [2.24, 2.45) is 21.1 Å². The van der Waals surface area contributed by atoms with Crippen LogP contribution in [0.15, 0.2) is 21.9 Å². The van der Waals surface area contributed by atoms with Crippen molar-refractivity contribution < 1.29 is 9.47 Å². The summed E-state index contributed by atoms with van der Waals surface area (Å²) in [7, 11) is 4.68. The number of fused-ring (bicyclic) bond motifs is 1. The number of nitrogens with zero attached hydrogens (tertiary/aromatic N) is 4. The van der Waals surface area contributed by atoms with Gasteiger partial charge in [0.05, 0.1) is 6.26 Å². The zero-order valence-corrected chi connectivity index (χ0v) is 12.1. The summed E-state index contributed by atoms with van der Waals surface area (Å²) in [6.45, 7) is 0. The first-order valence-electron chi connectivity index (χ1n) is 6.60. The Morgan fingerprint density at radius 1 is 1.24 bits per heavy atom. The Hall–Kier alpha value is -2.51. The van der Waals surface area contributed by atoms with Gasteiger partial charge in [0.2, 0.25) is 6.29 Å². The van der Waals surface area contributed by atoms with Gasteiger partial charge in [-0.3, -0.25) is 18.5 Å². The number of ether oxygens (including phenoxy) is 2. The van der Waals surface area contributed by atoms with E-state index < -0.39 is 17.5 Å². The van der Waals surface area contributed by atoms with Crippen LogP contribution in [0.3, 0.4) is 0 Å². The number of allylic oxidation sites excluding steroid dienone is 1. The molecule has 0 saturated heterocycles. The molecule has 21 heavy (non-hydrogen) atoms. The smallest absolute Gasteiger partial charge is 0.332 e. The molecular formula is C13H16N4O4. The van der Waals surface area contributed by atoms with E-state index in [0.29, 0.717) is 17.6 Å². The van der Waals surface area contributed by atoms with Crippen LogP contribution in [0.2, 0.25) is 0 Å². The molecule has 1 unspecified atom stereocenters. The number of hydrogen-bond acceptors (Lipinski definition) is 5. The number of rotatable bonds is 2. The number of aryl methyl sites for hydroxylation is 2. The lowest BCUT2D eigenvalue weighted by Crippen LogP contribution is -2.37. The molecule has 3 heterocycles. The molecule has 0 radical (unpaired) electrons. The topological polar surface area (TPSA) is 80.3 Å². The van der Waals surface area contributed by atoms with E-state index >= 15 is 0 Å². The molecule has 8 heteroatoms. The lowest BCUT2D eigenvalue weighted by molar-refractivity contribution is -0.0485. The molecule has 0 bridgehead atoms. The summed E-state index contributed by atoms with van der Waals surface area (Å²) in [6.07, 6.45) is 4.62. The molecule has 0 spiro atoms. The Balaban J connectivity index is 2.14. The third-order valence-corrected chi connectivity index (χ3v) is 3.57. The third-order valence-electron chi connectivity index (χ3n) is 3.57. The molecule has 2 aromatic rings. The minimum absolute atomic E-state index is 0.253. The quantitative estimate of drug-likeness (QED) is 0.778. The predicted molar refractivity (Wildman–Crippen MR) is 75.1 cm³/mol. The Kier molecular flexibility index (Phi) is 3.08. The second kappa shape index (κ2) is 4.80. The van der Waals surface area contributed by atoms with Crippen LogP contribution in [0, 0.1) is 0 Å². The fourth-order valence-electron chi connectivity index (χ4n) is 2.32. The van der Waals surface area contributed by atoms with Gasteiger partial charge in [-0.15, -0.1) is 0 Å². The van der Waals surface area contributed by atoms with Crippen molar-refractivity contribution in [3.8, 4) is 6.01 Å². The highest BCUT2D eigenvalue weighted by Gasteiger charge is 2.21. The van der Waals surface area contributed by atoms with Crippen LogP contribution >= 0.6 is 0 Å². The summed E-state index contributed by atoms with van der Waals surface area (Å²) in [5, 5.41) is 0. The highest BCUT2D eigenvalue weighted by Crippen LogP contribution is 2.19. The fraction of sp³-hybridized carbons (Fsp3) is 0.462. The molecule has 0 aromatic carbocycles. The maximum atomic E-state index is 12.2. The van der Waals surface area contributed by atoms with Crippen molar-refractivity contribution in [3.63, 3.8) is 0 Å². The van der Waals surface area contributed by atoms with E-state index in [1.54, 1.807) is 24.9 Å². The first-order chi connectivity index (χ1) is 10.0. The highest BCUT2D eigenvalue weighted by atomic mass is 16.7. The van der Waals surface area contributed by atoms with Crippen molar-refractivity contribution in [1.29, 1.82) is 0 Å². The monoisotopic (exact) mass is 292 g/mol. The summed E-state index contributed by atoms with van der Waals surface area (Å²) < 4.78 is 14.9. The second-order valence-corrected chi connectivity index (χ2v) is 4.96. The summed E-state index contributed by atoms with van der Waals surface area (Å²) in [6, 6.07) is 0.253. The van der Waals surface area contributed by atoms with Crippen molar-refractivity contribution >= 4 is 11.2 Å². The lowest BCUT2D eigenvalue weighted by Gasteiger charge is -2.19. The van der Waals surface area contributed by atoms with Gasteiger partial charge in [-0.05, 0) is 12.5 Å². The number of hydrogen-bond donors (Lipinski definition) is 0. The molecule has 2 aromatic heterocycles. The molecule has 0 N–H and O–H groups in total. The summed E-state index contributed by atoms with van der Waals surface area (Å²) in [5.74, 6) is 0. The molecule has 1 atom stereocenters. The lowest BCUT2D eigenvalue weighted by atomic mass is 10.3. The minimum atomic E-state index is -0.439. The molecule has 0 fully saturated rings. The molecule has 3 rings (SSSR count). The molecule has 0 aliphatic carbocycles. The Labute approximate surface area is 119 Å². The van der Waals surface area contributed by atoms with Gasteiger partial charge in [-0.2, -0.15) is 4.98 Å². The van der Waals surface area contributed by atoms with E-state index in [2.05, 4.69) is 4.98 Å². The van der Waals surface area contributed by atoms with Crippen molar-refractivity contribution in [3.05, 3.63) is 33.2 Å². The summed E-state index contributed by atoms with van der Waals surface area (Å²) in [4.78, 5) is 28.4. The normalized spacial score (nSPS) is 18.0. The van der Waals surface area contributed by atoms with E-state index in [1.807, 2.05) is 6.08 Å². The van der Waals surface area contributed by atoms with Gasteiger partial charge in [0, 0.05) is 27.6 Å². The first kappa shape index (κ1) is 13.5. The molecule has 0 amide bonds. The van der Waals surface area contributed by atoms with Gasteiger partial charge in [-0.25, -0.2) is 4.79 Å². The van der Waals surface area contributed by atoms with Crippen molar-refractivity contribution in [2.45, 2.75) is 19.1 Å². The molecule has 8 nitrogen and oxygen atoms in total. The Morgan fingerprint density at radius 3 is 2.67 bits per heavy atom. The number of imidazole rings is 1. The van der Waals surface area contributed by atoms with E-state index in [4.69, 9.17) is 9.47 Å². The van der Waals surface area contributed by atoms with E-state index in [0.717, 1.165) is 11.0 Å². The van der Waals surface area contributed by atoms with Gasteiger partial charge in [-0.1, -0.05) is 0 Å². The fourth-order valence-corrected chi connectivity index (χ4v) is 2.32. The zero-order chi connectivity index (χ0) is 15.1. The maximum absolute atomic E-state index is 12.2. The van der Waals surface area contributed by atoms with Crippen LogP contribution in [-0.2, 0) is 25.9 Å². The van der Waals surface area contributed by atoms with Gasteiger partial charge in [0.15, 0.2) is 11.2 Å². The molecule has 112 valence electrons. The molecular weight excluding hydrogens is 276 g/mol. The highest BCUT2D eigenvalue weighted by molar-refractivity contribution is 5.71. The van der Waals surface area contributed by atoms with Crippen LogP contribution in [0.25, 0.3) is 11.2 Å².